The highest BCUT2D eigenvalue weighted by Crippen LogP contribution is 2.33. The fraction of sp³-hybridized carbons (Fsp3) is 0.300. The molecule has 0 spiro atoms. The number of aryl methyl sites for hydroxylation is 1. The lowest BCUT2D eigenvalue weighted by Crippen LogP contribution is -2.29. The number of methoxy groups -OCH3 is 2. The molecule has 1 aromatic heterocycles. The summed E-state index contributed by atoms with van der Waals surface area (Å²) in [4.78, 5) is 32.1. The number of benzene rings is 3. The number of fused-ring (bicyclic) bond motifs is 1. The Morgan fingerprint density at radius 1 is 1.02 bits per heavy atom. The number of aromatic nitrogens is 2. The normalized spacial score (nSPS) is 11.7. The lowest BCUT2D eigenvalue weighted by Gasteiger charge is -2.19. The summed E-state index contributed by atoms with van der Waals surface area (Å²) in [7, 11) is 3.05. The molecule has 1 unspecified atom stereocenters. The summed E-state index contributed by atoms with van der Waals surface area (Å²) in [5, 5.41) is 3.97. The number of nitrogens with zero attached hydrogens (tertiary/aromatic N) is 2. The number of halogens is 1. The van der Waals surface area contributed by atoms with E-state index in [1.54, 1.807) is 22.8 Å². The number of ether oxygens (including phenoxy) is 3. The minimum atomic E-state index is -0.513. The van der Waals surface area contributed by atoms with Gasteiger partial charge in [-0.25, -0.2) is 4.98 Å². The van der Waals surface area contributed by atoms with Gasteiger partial charge in [0, 0.05) is 17.6 Å². The van der Waals surface area contributed by atoms with E-state index in [4.69, 9.17) is 30.8 Å². The van der Waals surface area contributed by atoms with E-state index in [-0.39, 0.29) is 11.5 Å². The van der Waals surface area contributed by atoms with Crippen LogP contribution in [-0.2, 0) is 17.8 Å². The molecule has 1 heterocycles. The van der Waals surface area contributed by atoms with Crippen LogP contribution in [0.25, 0.3) is 10.9 Å². The molecule has 40 heavy (non-hydrogen) atoms. The van der Waals surface area contributed by atoms with Crippen molar-refractivity contribution in [2.24, 2.45) is 0 Å². The fourth-order valence-electron chi connectivity index (χ4n) is 4.22. The predicted octanol–water partition coefficient (Wildman–Crippen LogP) is 6.22. The molecule has 0 saturated heterocycles. The van der Waals surface area contributed by atoms with Gasteiger partial charge in [0.15, 0.2) is 16.7 Å². The maximum absolute atomic E-state index is 13.8. The number of nitrogens with one attached hydrogen (secondary N) is 1. The molecule has 0 aliphatic rings. The first-order chi connectivity index (χ1) is 19.4. The van der Waals surface area contributed by atoms with Crippen molar-refractivity contribution >= 4 is 45.9 Å². The Morgan fingerprint density at radius 2 is 1.73 bits per heavy atom. The van der Waals surface area contributed by atoms with Gasteiger partial charge in [0.25, 0.3) is 5.56 Å². The molecule has 0 aliphatic heterocycles. The third-order valence-corrected chi connectivity index (χ3v) is 7.92. The van der Waals surface area contributed by atoms with E-state index < -0.39 is 5.25 Å². The van der Waals surface area contributed by atoms with Gasteiger partial charge >= 0.3 is 0 Å². The molecule has 10 heteroatoms. The summed E-state index contributed by atoms with van der Waals surface area (Å²) in [5.41, 5.74) is 1.86. The van der Waals surface area contributed by atoms with Crippen LogP contribution in [0.5, 0.6) is 17.2 Å². The molecule has 0 fully saturated rings. The van der Waals surface area contributed by atoms with E-state index in [2.05, 4.69) is 5.32 Å². The van der Waals surface area contributed by atoms with Crippen LogP contribution in [-0.4, -0.2) is 41.5 Å². The van der Waals surface area contributed by atoms with E-state index in [0.717, 1.165) is 5.56 Å². The summed E-state index contributed by atoms with van der Waals surface area (Å²) >= 11 is 7.31. The number of anilines is 1. The number of carbonyl (C=O) groups excluding carboxylic acids is 1. The quantitative estimate of drug-likeness (QED) is 0.157. The Bertz CT molecular complexity index is 1540. The molecule has 1 atom stereocenters. The number of amides is 1. The molecule has 210 valence electrons. The molecule has 3 aromatic carbocycles. The van der Waals surface area contributed by atoms with Crippen LogP contribution in [0.1, 0.15) is 25.8 Å². The molecule has 1 amide bonds. The van der Waals surface area contributed by atoms with Gasteiger partial charge in [-0.1, -0.05) is 54.6 Å². The highest BCUT2D eigenvalue weighted by molar-refractivity contribution is 8.00. The van der Waals surface area contributed by atoms with Gasteiger partial charge in [-0.2, -0.15) is 0 Å². The molecule has 4 aromatic rings. The molecule has 0 aliphatic carbocycles. The largest absolute Gasteiger partial charge is 0.493 e. The first-order valence-electron chi connectivity index (χ1n) is 13.0. The third-order valence-electron chi connectivity index (χ3n) is 6.32. The monoisotopic (exact) mass is 581 g/mol. The van der Waals surface area contributed by atoms with Crippen molar-refractivity contribution in [2.45, 2.75) is 43.6 Å². The highest BCUT2D eigenvalue weighted by atomic mass is 35.5. The van der Waals surface area contributed by atoms with Crippen molar-refractivity contribution in [1.29, 1.82) is 0 Å². The van der Waals surface area contributed by atoms with Crippen LogP contribution in [0.4, 0.5) is 5.69 Å². The summed E-state index contributed by atoms with van der Waals surface area (Å²) in [5.74, 6) is 1.31. The Kier molecular flexibility index (Phi) is 9.95. The van der Waals surface area contributed by atoms with Crippen LogP contribution >= 0.6 is 23.4 Å². The lowest BCUT2D eigenvalue weighted by molar-refractivity contribution is -0.115. The standard InChI is InChI=1S/C30H32ClN3O5S/c1-5-27(28(35)32-22-9-7-8-10-24(22)39-6-2)40-30-33-23-18-26(38-4)25(37-3)17-21(23)29(36)34(30)16-15-19-11-13-20(31)14-12-19/h7-14,17-18,27H,5-6,15-16H2,1-4H3,(H,32,35). The summed E-state index contributed by atoms with van der Waals surface area (Å²) in [6.07, 6.45) is 1.10. The Balaban J connectivity index is 1.71. The second-order valence-electron chi connectivity index (χ2n) is 8.89. The maximum Gasteiger partial charge on any atom is 0.262 e. The number of thioether (sulfide) groups is 1. The molecule has 0 radical (unpaired) electrons. The first kappa shape index (κ1) is 29.3. The summed E-state index contributed by atoms with van der Waals surface area (Å²) < 4.78 is 18.2. The zero-order chi connectivity index (χ0) is 28.6. The van der Waals surface area contributed by atoms with Crippen molar-refractivity contribution in [3.63, 3.8) is 0 Å². The minimum Gasteiger partial charge on any atom is -0.493 e. The Labute approximate surface area is 242 Å². The molecule has 0 saturated carbocycles. The Morgan fingerprint density at radius 3 is 2.40 bits per heavy atom. The zero-order valence-electron chi connectivity index (χ0n) is 22.9. The topological polar surface area (TPSA) is 91.7 Å². The van der Waals surface area contributed by atoms with Gasteiger partial charge in [0.1, 0.15) is 5.75 Å². The summed E-state index contributed by atoms with van der Waals surface area (Å²) in [6.45, 7) is 4.67. The molecule has 0 bridgehead atoms. The van der Waals surface area contributed by atoms with Crippen LogP contribution in [0.15, 0.2) is 70.6 Å². The SMILES string of the molecule is CCOc1ccccc1NC(=O)C(CC)Sc1nc2cc(OC)c(OC)cc2c(=O)n1CCc1ccc(Cl)cc1. The average Bonchev–Trinajstić information content (AvgIpc) is 2.96. The van der Waals surface area contributed by atoms with Crippen LogP contribution in [0.3, 0.4) is 0 Å². The van der Waals surface area contributed by atoms with E-state index in [1.807, 2.05) is 56.3 Å². The highest BCUT2D eigenvalue weighted by Gasteiger charge is 2.24. The number of hydrogen-bond acceptors (Lipinski definition) is 7. The number of hydrogen-bond donors (Lipinski definition) is 1. The third kappa shape index (κ3) is 6.71. The van der Waals surface area contributed by atoms with Crippen molar-refractivity contribution in [2.75, 3.05) is 26.1 Å². The van der Waals surface area contributed by atoms with Gasteiger partial charge in [-0.3, -0.25) is 14.2 Å². The van der Waals surface area contributed by atoms with E-state index in [1.165, 1.54) is 26.0 Å². The first-order valence-corrected chi connectivity index (χ1v) is 14.2. The van der Waals surface area contributed by atoms with Gasteiger partial charge in [-0.05, 0) is 55.7 Å². The lowest BCUT2D eigenvalue weighted by atomic mass is 10.1. The zero-order valence-corrected chi connectivity index (χ0v) is 24.5. The van der Waals surface area contributed by atoms with Crippen LogP contribution in [0.2, 0.25) is 5.02 Å². The Hall–Kier alpha value is -3.69. The molecular formula is C30H32ClN3O5S. The second-order valence-corrected chi connectivity index (χ2v) is 10.5. The molecule has 8 nitrogen and oxygen atoms in total. The summed E-state index contributed by atoms with van der Waals surface area (Å²) in [6, 6.07) is 18.1. The molecule has 1 N–H and O–H groups in total. The van der Waals surface area contributed by atoms with Gasteiger partial charge in [-0.15, -0.1) is 0 Å². The molecular weight excluding hydrogens is 550 g/mol. The molecule has 4 rings (SSSR count). The van der Waals surface area contributed by atoms with Crippen molar-refractivity contribution in [3.8, 4) is 17.2 Å². The van der Waals surface area contributed by atoms with Gasteiger partial charge in [0.2, 0.25) is 5.91 Å². The smallest absolute Gasteiger partial charge is 0.262 e. The van der Waals surface area contributed by atoms with Crippen molar-refractivity contribution in [3.05, 3.63) is 81.6 Å². The van der Waals surface area contributed by atoms with Crippen molar-refractivity contribution in [1.82, 2.24) is 9.55 Å². The van der Waals surface area contributed by atoms with Crippen molar-refractivity contribution < 1.29 is 19.0 Å². The maximum atomic E-state index is 13.8. The minimum absolute atomic E-state index is 0.203. The van der Waals surface area contributed by atoms with E-state index in [9.17, 15) is 9.59 Å². The number of carbonyl (C=O) groups is 1. The van der Waals surface area contributed by atoms with E-state index >= 15 is 0 Å². The van der Waals surface area contributed by atoms with Gasteiger partial charge < -0.3 is 19.5 Å². The van der Waals surface area contributed by atoms with Crippen LogP contribution in [0, 0.1) is 0 Å². The van der Waals surface area contributed by atoms with E-state index in [0.29, 0.717) is 70.0 Å². The number of para-hydroxylation sites is 2. The van der Waals surface area contributed by atoms with Gasteiger partial charge in [0.05, 0.1) is 42.7 Å². The average molecular weight is 582 g/mol. The second kappa shape index (κ2) is 13.6. The number of rotatable bonds is 12. The predicted molar refractivity (Wildman–Crippen MR) is 160 cm³/mol. The van der Waals surface area contributed by atoms with Crippen LogP contribution < -0.4 is 25.1 Å². The fourth-order valence-corrected chi connectivity index (χ4v) is 5.39.